The smallest absolute Gasteiger partial charge is 0.313 e. The van der Waals surface area contributed by atoms with Gasteiger partial charge in [-0.05, 0) is 21.9 Å². The van der Waals surface area contributed by atoms with E-state index in [1.807, 2.05) is 36.4 Å². The van der Waals surface area contributed by atoms with Gasteiger partial charge in [0.2, 0.25) is 0 Å². The summed E-state index contributed by atoms with van der Waals surface area (Å²) < 4.78 is 0. The number of benzene rings is 2. The molecule has 0 fully saturated rings. The highest BCUT2D eigenvalue weighted by molar-refractivity contribution is 7.99. The van der Waals surface area contributed by atoms with Crippen molar-refractivity contribution >= 4 is 46.2 Å². The van der Waals surface area contributed by atoms with E-state index in [-0.39, 0.29) is 11.5 Å². The van der Waals surface area contributed by atoms with Gasteiger partial charge >= 0.3 is 11.9 Å². The number of hydrogen-bond donors (Lipinski definition) is 2. The highest BCUT2D eigenvalue weighted by Crippen LogP contribution is 2.27. The Hall–Kier alpha value is -1.66. The van der Waals surface area contributed by atoms with Crippen LogP contribution in [0, 0.1) is 0 Å². The summed E-state index contributed by atoms with van der Waals surface area (Å²) in [4.78, 5) is 21.2. The van der Waals surface area contributed by atoms with E-state index >= 15 is 0 Å². The first-order valence-corrected chi connectivity index (χ1v) is 8.97. The standard InChI is InChI=1S/C16H16O4S2/c17-15(18)9-21-7-11-3-1-5-13-12(4-2-6-14(11)13)8-22-10-16(19)20/h1-6H,7-10H2,(H,17,18)(H,19,20). The summed E-state index contributed by atoms with van der Waals surface area (Å²) in [6.07, 6.45) is 0. The van der Waals surface area contributed by atoms with Gasteiger partial charge in [0.1, 0.15) is 0 Å². The fourth-order valence-electron chi connectivity index (χ4n) is 2.19. The Labute approximate surface area is 136 Å². The van der Waals surface area contributed by atoms with E-state index in [0.717, 1.165) is 21.9 Å². The van der Waals surface area contributed by atoms with Crippen molar-refractivity contribution in [1.29, 1.82) is 0 Å². The zero-order valence-electron chi connectivity index (χ0n) is 11.8. The first-order valence-electron chi connectivity index (χ1n) is 6.66. The van der Waals surface area contributed by atoms with Crippen LogP contribution in [0.25, 0.3) is 10.8 Å². The molecule has 0 aliphatic rings. The maximum Gasteiger partial charge on any atom is 0.313 e. The van der Waals surface area contributed by atoms with Crippen LogP contribution in [0.1, 0.15) is 11.1 Å². The molecule has 2 N–H and O–H groups in total. The van der Waals surface area contributed by atoms with Gasteiger partial charge in [-0.1, -0.05) is 36.4 Å². The monoisotopic (exact) mass is 336 g/mol. The van der Waals surface area contributed by atoms with Crippen LogP contribution in [0.15, 0.2) is 36.4 Å². The number of thioether (sulfide) groups is 2. The summed E-state index contributed by atoms with van der Waals surface area (Å²) in [7, 11) is 0. The number of aliphatic carboxylic acids is 2. The number of carboxylic acid groups (broad SMARTS) is 2. The zero-order valence-corrected chi connectivity index (χ0v) is 13.5. The maximum absolute atomic E-state index is 10.6. The molecule has 0 aliphatic heterocycles. The minimum atomic E-state index is -0.809. The minimum Gasteiger partial charge on any atom is -0.481 e. The molecule has 0 bridgehead atoms. The Morgan fingerprint density at radius 1 is 0.773 bits per heavy atom. The average molecular weight is 336 g/mol. The summed E-state index contributed by atoms with van der Waals surface area (Å²) in [6, 6.07) is 12.0. The molecule has 0 heterocycles. The number of fused-ring (bicyclic) bond motifs is 1. The molecule has 116 valence electrons. The fraction of sp³-hybridized carbons (Fsp3) is 0.250. The molecule has 0 saturated carbocycles. The summed E-state index contributed by atoms with van der Waals surface area (Å²) in [5.74, 6) is -0.146. The van der Waals surface area contributed by atoms with E-state index in [4.69, 9.17) is 10.2 Å². The van der Waals surface area contributed by atoms with Crippen LogP contribution in [-0.4, -0.2) is 33.7 Å². The van der Waals surface area contributed by atoms with Crippen molar-refractivity contribution in [1.82, 2.24) is 0 Å². The van der Waals surface area contributed by atoms with Crippen LogP contribution in [-0.2, 0) is 21.1 Å². The van der Waals surface area contributed by atoms with Crippen molar-refractivity contribution in [2.45, 2.75) is 11.5 Å². The van der Waals surface area contributed by atoms with Crippen LogP contribution in [0.2, 0.25) is 0 Å². The molecular formula is C16H16O4S2. The van der Waals surface area contributed by atoms with E-state index in [1.54, 1.807) is 0 Å². The second-order valence-electron chi connectivity index (χ2n) is 4.70. The predicted octanol–water partition coefficient (Wildman–Crippen LogP) is 3.48. The average Bonchev–Trinajstić information content (AvgIpc) is 2.47. The quantitative estimate of drug-likeness (QED) is 0.769. The van der Waals surface area contributed by atoms with E-state index in [1.165, 1.54) is 23.5 Å². The molecule has 2 aromatic carbocycles. The van der Waals surface area contributed by atoms with Crippen molar-refractivity contribution in [2.24, 2.45) is 0 Å². The third-order valence-corrected chi connectivity index (χ3v) is 5.00. The maximum atomic E-state index is 10.6. The van der Waals surface area contributed by atoms with Gasteiger partial charge in [-0.2, -0.15) is 0 Å². The SMILES string of the molecule is O=C(O)CSCc1cccc2c(CSCC(=O)O)cccc12. The number of carbonyl (C=O) groups is 2. The molecule has 0 radical (unpaired) electrons. The van der Waals surface area contributed by atoms with Gasteiger partial charge in [0.25, 0.3) is 0 Å². The molecule has 22 heavy (non-hydrogen) atoms. The Kier molecular flexibility index (Phi) is 6.15. The molecule has 0 unspecified atom stereocenters. The number of rotatable bonds is 8. The molecule has 0 amide bonds. The van der Waals surface area contributed by atoms with Gasteiger partial charge in [-0.25, -0.2) is 0 Å². The molecule has 0 aromatic heterocycles. The first kappa shape index (κ1) is 16.7. The van der Waals surface area contributed by atoms with Gasteiger partial charge in [0.05, 0.1) is 11.5 Å². The Morgan fingerprint density at radius 2 is 1.18 bits per heavy atom. The van der Waals surface area contributed by atoms with E-state index in [9.17, 15) is 9.59 Å². The topological polar surface area (TPSA) is 74.6 Å². The van der Waals surface area contributed by atoms with Crippen molar-refractivity contribution in [3.8, 4) is 0 Å². The van der Waals surface area contributed by atoms with Gasteiger partial charge in [0.15, 0.2) is 0 Å². The van der Waals surface area contributed by atoms with E-state index < -0.39 is 11.9 Å². The fourth-order valence-corrected chi connectivity index (χ4v) is 3.69. The molecular weight excluding hydrogens is 320 g/mol. The van der Waals surface area contributed by atoms with Gasteiger partial charge < -0.3 is 10.2 Å². The Balaban J connectivity index is 2.18. The highest BCUT2D eigenvalue weighted by atomic mass is 32.2. The van der Waals surface area contributed by atoms with Crippen LogP contribution in [0.3, 0.4) is 0 Å². The lowest BCUT2D eigenvalue weighted by atomic mass is 10.0. The van der Waals surface area contributed by atoms with Crippen LogP contribution in [0.5, 0.6) is 0 Å². The molecule has 0 aliphatic carbocycles. The highest BCUT2D eigenvalue weighted by Gasteiger charge is 2.07. The lowest BCUT2D eigenvalue weighted by Crippen LogP contribution is -1.99. The molecule has 2 aromatic rings. The summed E-state index contributed by atoms with van der Waals surface area (Å²) >= 11 is 2.75. The van der Waals surface area contributed by atoms with E-state index in [2.05, 4.69) is 0 Å². The summed E-state index contributed by atoms with van der Waals surface area (Å²) in [5, 5.41) is 19.6. The van der Waals surface area contributed by atoms with Crippen molar-refractivity contribution in [2.75, 3.05) is 11.5 Å². The first-order chi connectivity index (χ1) is 10.6. The van der Waals surface area contributed by atoms with Crippen LogP contribution in [0.4, 0.5) is 0 Å². The van der Waals surface area contributed by atoms with Gasteiger partial charge in [-0.3, -0.25) is 9.59 Å². The second-order valence-corrected chi connectivity index (χ2v) is 6.67. The molecule has 0 atom stereocenters. The Morgan fingerprint density at radius 3 is 1.55 bits per heavy atom. The molecule has 0 saturated heterocycles. The summed E-state index contributed by atoms with van der Waals surface area (Å²) in [5.41, 5.74) is 2.21. The summed E-state index contributed by atoms with van der Waals surface area (Å²) in [6.45, 7) is 0. The number of hydrogen-bond acceptors (Lipinski definition) is 4. The molecule has 2 rings (SSSR count). The van der Waals surface area contributed by atoms with Crippen molar-refractivity contribution < 1.29 is 19.8 Å². The van der Waals surface area contributed by atoms with E-state index in [0.29, 0.717) is 11.5 Å². The van der Waals surface area contributed by atoms with Gasteiger partial charge in [0, 0.05) is 11.5 Å². The number of carboxylic acids is 2. The third kappa shape index (κ3) is 4.68. The molecule has 4 nitrogen and oxygen atoms in total. The molecule has 6 heteroatoms. The zero-order chi connectivity index (χ0) is 15.9. The largest absolute Gasteiger partial charge is 0.481 e. The van der Waals surface area contributed by atoms with Gasteiger partial charge in [-0.15, -0.1) is 23.5 Å². The predicted molar refractivity (Wildman–Crippen MR) is 91.5 cm³/mol. The normalized spacial score (nSPS) is 10.7. The van der Waals surface area contributed by atoms with Crippen molar-refractivity contribution in [3.05, 3.63) is 47.5 Å². The second kappa shape index (κ2) is 8.10. The third-order valence-electron chi connectivity index (χ3n) is 3.07. The van der Waals surface area contributed by atoms with Crippen molar-refractivity contribution in [3.63, 3.8) is 0 Å². The Bertz CT molecular complexity index is 626. The molecule has 0 spiro atoms. The lowest BCUT2D eigenvalue weighted by molar-refractivity contribution is -0.134. The van der Waals surface area contributed by atoms with Crippen LogP contribution < -0.4 is 0 Å². The lowest BCUT2D eigenvalue weighted by Gasteiger charge is -2.10. The minimum absolute atomic E-state index is 0.0878. The van der Waals surface area contributed by atoms with Crippen LogP contribution >= 0.6 is 23.5 Å².